The molecule has 54 valence electrons. The third-order valence-electron chi connectivity index (χ3n) is 1.70. The van der Waals surface area contributed by atoms with Crippen LogP contribution in [0.15, 0.2) is 30.8 Å². The third-order valence-corrected chi connectivity index (χ3v) is 1.70. The van der Waals surface area contributed by atoms with Crippen LogP contribution in [-0.2, 0) is 0 Å². The maximum absolute atomic E-state index is 11.0. The molecule has 0 saturated carbocycles. The predicted molar refractivity (Wildman–Crippen MR) is 43.2 cm³/mol. The van der Waals surface area contributed by atoms with Crippen molar-refractivity contribution in [3.05, 3.63) is 47.3 Å². The average Bonchev–Trinajstić information content (AvgIpc) is 2.30. The standard InChI is InChI=1S/C9H7NO.K/c1-6-7-4-2-3-5-8(7)9(11)10-6;/h2-5H,1H2,(H,10,11);/q;+1/p-1. The molecule has 0 atom stereocenters. The first kappa shape index (κ1) is 10.1. The van der Waals surface area contributed by atoms with Crippen molar-refractivity contribution in [2.24, 2.45) is 0 Å². The van der Waals surface area contributed by atoms with Gasteiger partial charge in [-0.1, -0.05) is 24.3 Å². The summed E-state index contributed by atoms with van der Waals surface area (Å²) in [5, 5.41) is 3.72. The molecule has 1 aromatic rings. The molecule has 2 rings (SSSR count). The maximum atomic E-state index is 11.0. The summed E-state index contributed by atoms with van der Waals surface area (Å²) in [4.78, 5) is 11.0. The van der Waals surface area contributed by atoms with Crippen molar-refractivity contribution in [2.75, 3.05) is 0 Å². The molecule has 0 bridgehead atoms. The van der Waals surface area contributed by atoms with Gasteiger partial charge in [0.1, 0.15) is 0 Å². The Balaban J connectivity index is 0.000000720. The monoisotopic (exact) mass is 183 g/mol. The Hall–Kier alpha value is 0.0664. The maximum Gasteiger partial charge on any atom is 1.00 e. The van der Waals surface area contributed by atoms with E-state index >= 15 is 0 Å². The summed E-state index contributed by atoms with van der Waals surface area (Å²) in [7, 11) is 0. The van der Waals surface area contributed by atoms with E-state index < -0.39 is 0 Å². The molecule has 0 unspecified atom stereocenters. The van der Waals surface area contributed by atoms with E-state index in [-0.39, 0.29) is 57.3 Å². The fourth-order valence-corrected chi connectivity index (χ4v) is 1.16. The molecule has 0 spiro atoms. The zero-order valence-electron chi connectivity index (χ0n) is 6.87. The van der Waals surface area contributed by atoms with E-state index in [0.29, 0.717) is 11.3 Å². The van der Waals surface area contributed by atoms with E-state index in [2.05, 4.69) is 11.9 Å². The molecule has 1 aromatic carbocycles. The SMILES string of the molecule is C=C1[N-]C(=O)c2ccccc21.[K+]. The van der Waals surface area contributed by atoms with Gasteiger partial charge in [0.15, 0.2) is 0 Å². The molecule has 0 saturated heterocycles. The summed E-state index contributed by atoms with van der Waals surface area (Å²) in [6, 6.07) is 7.31. The second kappa shape index (κ2) is 3.85. The molecular formula is C9H6KNO. The first-order valence-corrected chi connectivity index (χ1v) is 3.33. The van der Waals surface area contributed by atoms with Gasteiger partial charge in [0.05, 0.1) is 5.91 Å². The fourth-order valence-electron chi connectivity index (χ4n) is 1.16. The van der Waals surface area contributed by atoms with Gasteiger partial charge < -0.3 is 10.1 Å². The molecule has 1 amide bonds. The normalized spacial score (nSPS) is 13.3. The second-order valence-corrected chi connectivity index (χ2v) is 2.41. The van der Waals surface area contributed by atoms with Crippen LogP contribution in [0.1, 0.15) is 15.9 Å². The number of amides is 1. The Labute approximate surface area is 113 Å². The van der Waals surface area contributed by atoms with E-state index in [1.165, 1.54) is 0 Å². The van der Waals surface area contributed by atoms with Crippen molar-refractivity contribution in [3.8, 4) is 0 Å². The van der Waals surface area contributed by atoms with Crippen LogP contribution in [-0.4, -0.2) is 5.91 Å². The summed E-state index contributed by atoms with van der Waals surface area (Å²) in [5.74, 6) is -0.175. The van der Waals surface area contributed by atoms with Gasteiger partial charge in [-0.25, -0.2) is 0 Å². The van der Waals surface area contributed by atoms with Gasteiger partial charge in [-0.3, -0.25) is 0 Å². The van der Waals surface area contributed by atoms with Crippen molar-refractivity contribution < 1.29 is 56.2 Å². The zero-order chi connectivity index (χ0) is 7.84. The molecule has 0 N–H and O–H groups in total. The molecule has 1 aliphatic rings. The number of carbonyl (C=O) groups excluding carboxylic acids is 1. The van der Waals surface area contributed by atoms with Crippen LogP contribution in [0, 0.1) is 0 Å². The smallest absolute Gasteiger partial charge is 0.623 e. The van der Waals surface area contributed by atoms with Gasteiger partial charge in [-0.05, 0) is 5.56 Å². The molecular weight excluding hydrogens is 177 g/mol. The molecule has 3 heteroatoms. The first-order chi connectivity index (χ1) is 5.29. The minimum absolute atomic E-state index is 0. The summed E-state index contributed by atoms with van der Waals surface area (Å²) in [5.41, 5.74) is 2.10. The zero-order valence-corrected chi connectivity index (χ0v) is 10.00. The largest absolute Gasteiger partial charge is 1.00 e. The molecule has 0 fully saturated rings. The topological polar surface area (TPSA) is 31.2 Å². The van der Waals surface area contributed by atoms with E-state index in [0.717, 1.165) is 5.56 Å². The Bertz CT molecular complexity index is 313. The van der Waals surface area contributed by atoms with E-state index in [9.17, 15) is 4.79 Å². The van der Waals surface area contributed by atoms with Gasteiger partial charge in [-0.2, -0.15) is 0 Å². The fraction of sp³-hybridized carbons (Fsp3) is 0. The number of carbonyl (C=O) groups is 1. The molecule has 2 nitrogen and oxygen atoms in total. The van der Waals surface area contributed by atoms with Crippen LogP contribution in [0.3, 0.4) is 0 Å². The van der Waals surface area contributed by atoms with Crippen molar-refractivity contribution in [1.82, 2.24) is 0 Å². The Morgan fingerprint density at radius 2 is 1.75 bits per heavy atom. The summed E-state index contributed by atoms with van der Waals surface area (Å²) in [6.45, 7) is 3.66. The molecule has 0 aromatic heterocycles. The average molecular weight is 183 g/mol. The number of nitrogens with zero attached hydrogens (tertiary/aromatic N) is 1. The van der Waals surface area contributed by atoms with Crippen LogP contribution in [0.25, 0.3) is 11.0 Å². The minimum atomic E-state index is -0.175. The number of rotatable bonds is 0. The molecule has 0 aliphatic carbocycles. The Morgan fingerprint density at radius 3 is 2.33 bits per heavy atom. The summed E-state index contributed by atoms with van der Waals surface area (Å²) < 4.78 is 0. The molecule has 1 heterocycles. The quantitative estimate of drug-likeness (QED) is 0.484. The Kier molecular flexibility index (Phi) is 3.26. The summed E-state index contributed by atoms with van der Waals surface area (Å²) >= 11 is 0. The predicted octanol–water partition coefficient (Wildman–Crippen LogP) is -0.811. The Morgan fingerprint density at radius 1 is 1.17 bits per heavy atom. The van der Waals surface area contributed by atoms with E-state index in [1.54, 1.807) is 6.07 Å². The van der Waals surface area contributed by atoms with Gasteiger partial charge in [0, 0.05) is 5.56 Å². The van der Waals surface area contributed by atoms with Gasteiger partial charge >= 0.3 is 51.4 Å². The van der Waals surface area contributed by atoms with Gasteiger partial charge in [0.25, 0.3) is 0 Å². The number of benzene rings is 1. The number of hydrogen-bond donors (Lipinski definition) is 0. The molecule has 0 radical (unpaired) electrons. The van der Waals surface area contributed by atoms with E-state index in [1.807, 2.05) is 18.2 Å². The number of hydrogen-bond acceptors (Lipinski definition) is 1. The summed E-state index contributed by atoms with van der Waals surface area (Å²) in [6.07, 6.45) is 0. The van der Waals surface area contributed by atoms with E-state index in [4.69, 9.17) is 0 Å². The van der Waals surface area contributed by atoms with Gasteiger partial charge in [-0.15, -0.1) is 12.3 Å². The van der Waals surface area contributed by atoms with Crippen LogP contribution >= 0.6 is 0 Å². The van der Waals surface area contributed by atoms with Crippen LogP contribution < -0.4 is 51.4 Å². The van der Waals surface area contributed by atoms with Crippen LogP contribution in [0.5, 0.6) is 0 Å². The van der Waals surface area contributed by atoms with Crippen molar-refractivity contribution in [1.29, 1.82) is 0 Å². The first-order valence-electron chi connectivity index (χ1n) is 3.33. The van der Waals surface area contributed by atoms with Crippen LogP contribution in [0.4, 0.5) is 0 Å². The number of fused-ring (bicyclic) bond motifs is 1. The second-order valence-electron chi connectivity index (χ2n) is 2.41. The van der Waals surface area contributed by atoms with Crippen molar-refractivity contribution in [2.45, 2.75) is 0 Å². The molecule has 1 aliphatic heterocycles. The van der Waals surface area contributed by atoms with Gasteiger partial charge in [0.2, 0.25) is 0 Å². The molecule has 12 heavy (non-hydrogen) atoms. The van der Waals surface area contributed by atoms with Crippen LogP contribution in [0.2, 0.25) is 0 Å². The van der Waals surface area contributed by atoms with Crippen molar-refractivity contribution in [3.63, 3.8) is 0 Å². The third kappa shape index (κ3) is 1.56. The van der Waals surface area contributed by atoms with Crippen molar-refractivity contribution >= 4 is 11.6 Å². The minimum Gasteiger partial charge on any atom is -0.623 e.